The summed E-state index contributed by atoms with van der Waals surface area (Å²) in [6, 6.07) is 0. The first-order valence-corrected chi connectivity index (χ1v) is 10.0. The van der Waals surface area contributed by atoms with Gasteiger partial charge in [0.2, 0.25) is 0 Å². The lowest BCUT2D eigenvalue weighted by Crippen LogP contribution is -2.70. The standard InChI is InChI=1S/C16H20F13I/c1-2-3-4-5-6-7-8-10(30)9-11(17,18)12(19,20)13(21,22)14(23,24)15(25,26)16(27,28)29/h10H,2-9H2,1H3. The van der Waals surface area contributed by atoms with Crippen molar-refractivity contribution in [3.8, 4) is 0 Å². The molecule has 0 aliphatic rings. The molecule has 0 rings (SSSR count). The second kappa shape index (κ2) is 10.2. The van der Waals surface area contributed by atoms with Gasteiger partial charge in [-0.15, -0.1) is 0 Å². The molecule has 0 radical (unpaired) electrons. The number of alkyl halides is 14. The van der Waals surface area contributed by atoms with Gasteiger partial charge in [0.05, 0.1) is 0 Å². The van der Waals surface area contributed by atoms with E-state index >= 15 is 0 Å². The highest BCUT2D eigenvalue weighted by Gasteiger charge is 2.90. The average Bonchev–Trinajstić information content (AvgIpc) is 2.55. The number of rotatable bonds is 13. The van der Waals surface area contributed by atoms with Crippen LogP contribution >= 0.6 is 22.6 Å². The Hall–Kier alpha value is -0.180. The van der Waals surface area contributed by atoms with Gasteiger partial charge in [0.1, 0.15) is 0 Å². The van der Waals surface area contributed by atoms with Crippen molar-refractivity contribution in [1.82, 2.24) is 0 Å². The summed E-state index contributed by atoms with van der Waals surface area (Å²) in [5.74, 6) is -36.4. The summed E-state index contributed by atoms with van der Waals surface area (Å²) >= 11 is 1.18. The third-order valence-corrected chi connectivity index (χ3v) is 5.41. The van der Waals surface area contributed by atoms with Gasteiger partial charge in [0.15, 0.2) is 0 Å². The molecule has 1 atom stereocenters. The lowest BCUT2D eigenvalue weighted by atomic mass is 9.91. The van der Waals surface area contributed by atoms with Crippen LogP contribution in [0.4, 0.5) is 57.1 Å². The first-order chi connectivity index (χ1) is 13.2. The van der Waals surface area contributed by atoms with Gasteiger partial charge in [-0.3, -0.25) is 0 Å². The van der Waals surface area contributed by atoms with Crippen LogP contribution in [-0.4, -0.2) is 39.7 Å². The van der Waals surface area contributed by atoms with Crippen molar-refractivity contribution in [3.05, 3.63) is 0 Å². The molecule has 0 heterocycles. The summed E-state index contributed by atoms with van der Waals surface area (Å²) in [5.41, 5.74) is 0. The fourth-order valence-corrected chi connectivity index (χ4v) is 3.45. The summed E-state index contributed by atoms with van der Waals surface area (Å²) in [7, 11) is 0. The zero-order valence-electron chi connectivity index (χ0n) is 15.5. The Balaban J connectivity index is 5.41. The summed E-state index contributed by atoms with van der Waals surface area (Å²) in [5, 5.41) is 0. The van der Waals surface area contributed by atoms with E-state index in [2.05, 4.69) is 0 Å². The van der Waals surface area contributed by atoms with Crippen molar-refractivity contribution in [2.75, 3.05) is 0 Å². The fraction of sp³-hybridized carbons (Fsp3) is 1.00. The smallest absolute Gasteiger partial charge is 0.200 e. The first kappa shape index (κ1) is 29.8. The van der Waals surface area contributed by atoms with Crippen LogP contribution in [0.3, 0.4) is 0 Å². The minimum atomic E-state index is -7.83. The zero-order valence-corrected chi connectivity index (χ0v) is 17.7. The molecular weight excluding hydrogens is 566 g/mol. The quantitative estimate of drug-likeness (QED) is 0.0878. The minimum Gasteiger partial charge on any atom is -0.200 e. The molecule has 0 aliphatic heterocycles. The van der Waals surface area contributed by atoms with Crippen LogP contribution in [0.5, 0.6) is 0 Å². The maximum Gasteiger partial charge on any atom is 0.460 e. The molecule has 0 fully saturated rings. The van der Waals surface area contributed by atoms with Crippen LogP contribution in [0.25, 0.3) is 0 Å². The van der Waals surface area contributed by atoms with E-state index in [1.54, 1.807) is 0 Å². The number of hydrogen-bond donors (Lipinski definition) is 0. The SMILES string of the molecule is CCCCCCCCC(I)CC(F)(F)C(F)(F)C(F)(F)C(F)(F)C(F)(F)C(F)(F)F. The molecule has 30 heavy (non-hydrogen) atoms. The van der Waals surface area contributed by atoms with E-state index in [4.69, 9.17) is 0 Å². The highest BCUT2D eigenvalue weighted by molar-refractivity contribution is 14.1. The lowest BCUT2D eigenvalue weighted by molar-refractivity contribution is -0.440. The van der Waals surface area contributed by atoms with E-state index in [0.29, 0.717) is 12.8 Å². The van der Waals surface area contributed by atoms with Gasteiger partial charge in [0.25, 0.3) is 0 Å². The van der Waals surface area contributed by atoms with Gasteiger partial charge in [-0.2, -0.15) is 57.1 Å². The van der Waals surface area contributed by atoms with Crippen molar-refractivity contribution in [1.29, 1.82) is 0 Å². The third-order valence-electron chi connectivity index (χ3n) is 4.35. The largest absolute Gasteiger partial charge is 0.460 e. The molecular formula is C16H20F13I. The number of halogens is 14. The molecule has 0 amide bonds. The molecule has 0 saturated heterocycles. The molecule has 0 aromatic heterocycles. The molecule has 14 heteroatoms. The van der Waals surface area contributed by atoms with E-state index < -0.39 is 46.1 Å². The van der Waals surface area contributed by atoms with Crippen molar-refractivity contribution in [2.24, 2.45) is 0 Å². The minimum absolute atomic E-state index is 0.195. The van der Waals surface area contributed by atoms with Crippen LogP contribution in [-0.2, 0) is 0 Å². The molecule has 0 spiro atoms. The van der Waals surface area contributed by atoms with Gasteiger partial charge in [-0.25, -0.2) is 0 Å². The maximum atomic E-state index is 13.7. The van der Waals surface area contributed by atoms with Crippen molar-refractivity contribution < 1.29 is 57.1 Å². The van der Waals surface area contributed by atoms with Crippen LogP contribution in [0.1, 0.15) is 58.3 Å². The molecule has 0 aromatic carbocycles. The highest BCUT2D eigenvalue weighted by atomic mass is 127. The Bertz CT molecular complexity index is 528. The molecule has 0 N–H and O–H groups in total. The van der Waals surface area contributed by atoms with Gasteiger partial charge in [0, 0.05) is 10.3 Å². The highest BCUT2D eigenvalue weighted by Crippen LogP contribution is 2.61. The Kier molecular flexibility index (Phi) is 10.1. The lowest BCUT2D eigenvalue weighted by Gasteiger charge is -2.40. The van der Waals surface area contributed by atoms with Crippen LogP contribution in [0.2, 0.25) is 0 Å². The summed E-state index contributed by atoms with van der Waals surface area (Å²) in [6.07, 6.45) is -5.68. The number of hydrogen-bond acceptors (Lipinski definition) is 0. The van der Waals surface area contributed by atoms with Crippen molar-refractivity contribution >= 4 is 22.6 Å². The predicted octanol–water partition coefficient (Wildman–Crippen LogP) is 8.67. The van der Waals surface area contributed by atoms with E-state index in [0.717, 1.165) is 19.3 Å². The summed E-state index contributed by atoms with van der Waals surface area (Å²) in [4.78, 5) is 0. The van der Waals surface area contributed by atoms with Gasteiger partial charge in [-0.05, 0) is 6.42 Å². The molecule has 0 saturated carbocycles. The Morgan fingerprint density at radius 1 is 0.567 bits per heavy atom. The van der Waals surface area contributed by atoms with Crippen molar-refractivity contribution in [2.45, 2.75) is 98.0 Å². The van der Waals surface area contributed by atoms with Crippen molar-refractivity contribution in [3.63, 3.8) is 0 Å². The summed E-state index contributed by atoms with van der Waals surface area (Å²) < 4.78 is 168. The van der Waals surface area contributed by atoms with E-state index in [9.17, 15) is 57.1 Å². The van der Waals surface area contributed by atoms with Crippen LogP contribution in [0.15, 0.2) is 0 Å². The normalized spacial score (nSPS) is 16.1. The molecule has 0 aliphatic carbocycles. The Morgan fingerprint density at radius 2 is 0.967 bits per heavy atom. The molecule has 0 aromatic rings. The van der Waals surface area contributed by atoms with E-state index in [1.165, 1.54) is 22.6 Å². The second-order valence-corrected chi connectivity index (χ2v) is 8.62. The van der Waals surface area contributed by atoms with Crippen LogP contribution in [0, 0.1) is 0 Å². The second-order valence-electron chi connectivity index (χ2n) is 6.86. The molecule has 1 unspecified atom stereocenters. The first-order valence-electron chi connectivity index (χ1n) is 8.80. The topological polar surface area (TPSA) is 0 Å². The van der Waals surface area contributed by atoms with E-state index in [-0.39, 0.29) is 12.8 Å². The Labute approximate surface area is 178 Å². The predicted molar refractivity (Wildman–Crippen MR) is 91.2 cm³/mol. The zero-order chi connectivity index (χ0) is 24.2. The monoisotopic (exact) mass is 586 g/mol. The average molecular weight is 586 g/mol. The van der Waals surface area contributed by atoms with Crippen LogP contribution < -0.4 is 0 Å². The van der Waals surface area contributed by atoms with Gasteiger partial charge in [-0.1, -0.05) is 68.0 Å². The van der Waals surface area contributed by atoms with Gasteiger partial charge >= 0.3 is 35.8 Å². The summed E-state index contributed by atoms with van der Waals surface area (Å²) in [6.45, 7) is 1.92. The maximum absolute atomic E-state index is 13.7. The molecule has 182 valence electrons. The number of unbranched alkanes of at least 4 members (excludes halogenated alkanes) is 5. The molecule has 0 bridgehead atoms. The fourth-order valence-electron chi connectivity index (χ4n) is 2.46. The molecule has 0 nitrogen and oxygen atoms in total. The van der Waals surface area contributed by atoms with E-state index in [1.807, 2.05) is 6.92 Å². The Morgan fingerprint density at radius 3 is 1.40 bits per heavy atom. The van der Waals surface area contributed by atoms with Gasteiger partial charge < -0.3 is 0 Å². The third kappa shape index (κ3) is 5.99.